The Morgan fingerprint density at radius 1 is 1.41 bits per heavy atom. The standard InChI is InChI=1S/C12H13N3O2/c1-8-5-6-9(17-8)7-14-12(16)10-3-2-4-11(13)15-10/h2-6H,7H2,1H3,(H2,13,15)(H,14,16). The number of furan rings is 1. The topological polar surface area (TPSA) is 81.2 Å². The zero-order chi connectivity index (χ0) is 12.3. The molecule has 2 rings (SSSR count). The Labute approximate surface area is 98.6 Å². The van der Waals surface area contributed by atoms with Crippen LogP contribution >= 0.6 is 0 Å². The van der Waals surface area contributed by atoms with Crippen molar-refractivity contribution in [2.75, 3.05) is 5.73 Å². The number of nitrogen functional groups attached to an aromatic ring is 1. The quantitative estimate of drug-likeness (QED) is 0.838. The summed E-state index contributed by atoms with van der Waals surface area (Å²) in [6, 6.07) is 8.60. The fraction of sp³-hybridized carbons (Fsp3) is 0.167. The molecule has 2 heterocycles. The second kappa shape index (κ2) is 4.69. The summed E-state index contributed by atoms with van der Waals surface area (Å²) in [5, 5.41) is 2.71. The monoisotopic (exact) mass is 231 g/mol. The molecule has 0 aromatic carbocycles. The summed E-state index contributed by atoms with van der Waals surface area (Å²) in [5.74, 6) is 1.58. The maximum atomic E-state index is 11.7. The molecule has 17 heavy (non-hydrogen) atoms. The summed E-state index contributed by atoms with van der Waals surface area (Å²) in [5.41, 5.74) is 5.80. The van der Waals surface area contributed by atoms with Crippen LogP contribution in [0.2, 0.25) is 0 Å². The van der Waals surface area contributed by atoms with E-state index in [0.29, 0.717) is 23.8 Å². The number of nitrogens with two attached hydrogens (primary N) is 1. The molecule has 0 fully saturated rings. The summed E-state index contributed by atoms with van der Waals surface area (Å²) >= 11 is 0. The molecule has 0 saturated carbocycles. The van der Waals surface area contributed by atoms with E-state index in [0.717, 1.165) is 5.76 Å². The van der Waals surface area contributed by atoms with Crippen LogP contribution in [0.3, 0.4) is 0 Å². The first kappa shape index (κ1) is 11.2. The van der Waals surface area contributed by atoms with Crippen LogP contribution in [-0.2, 0) is 6.54 Å². The highest BCUT2D eigenvalue weighted by atomic mass is 16.3. The molecule has 0 saturated heterocycles. The molecule has 5 nitrogen and oxygen atoms in total. The molecule has 2 aromatic rings. The van der Waals surface area contributed by atoms with Crippen molar-refractivity contribution in [2.24, 2.45) is 0 Å². The van der Waals surface area contributed by atoms with Crippen molar-refractivity contribution < 1.29 is 9.21 Å². The molecule has 2 aromatic heterocycles. The van der Waals surface area contributed by atoms with Crippen LogP contribution in [0.4, 0.5) is 5.82 Å². The number of pyridine rings is 1. The largest absolute Gasteiger partial charge is 0.465 e. The van der Waals surface area contributed by atoms with Gasteiger partial charge in [-0.1, -0.05) is 6.07 Å². The number of hydrogen-bond donors (Lipinski definition) is 2. The molecule has 0 aliphatic heterocycles. The van der Waals surface area contributed by atoms with Crippen LogP contribution in [0.15, 0.2) is 34.7 Å². The summed E-state index contributed by atoms with van der Waals surface area (Å²) in [7, 11) is 0. The number of carbonyl (C=O) groups excluding carboxylic acids is 1. The number of anilines is 1. The molecule has 0 spiro atoms. The summed E-state index contributed by atoms with van der Waals surface area (Å²) < 4.78 is 5.33. The van der Waals surface area contributed by atoms with Crippen LogP contribution < -0.4 is 11.1 Å². The third kappa shape index (κ3) is 2.84. The summed E-state index contributed by atoms with van der Waals surface area (Å²) in [6.45, 7) is 2.19. The average Bonchev–Trinajstić information content (AvgIpc) is 2.72. The molecule has 88 valence electrons. The van der Waals surface area contributed by atoms with E-state index in [4.69, 9.17) is 10.2 Å². The van der Waals surface area contributed by atoms with E-state index in [9.17, 15) is 4.79 Å². The number of nitrogens with one attached hydrogen (secondary N) is 1. The lowest BCUT2D eigenvalue weighted by Gasteiger charge is -2.03. The van der Waals surface area contributed by atoms with E-state index in [-0.39, 0.29) is 5.91 Å². The first-order valence-corrected chi connectivity index (χ1v) is 5.21. The van der Waals surface area contributed by atoms with Crippen molar-refractivity contribution in [1.82, 2.24) is 10.3 Å². The van der Waals surface area contributed by atoms with Gasteiger partial charge in [-0.15, -0.1) is 0 Å². The Kier molecular flexibility index (Phi) is 3.09. The van der Waals surface area contributed by atoms with E-state index >= 15 is 0 Å². The molecule has 0 unspecified atom stereocenters. The Hall–Kier alpha value is -2.30. The first-order chi connectivity index (χ1) is 8.15. The Morgan fingerprint density at radius 2 is 2.24 bits per heavy atom. The summed E-state index contributed by atoms with van der Waals surface area (Å²) in [6.07, 6.45) is 0. The third-order valence-electron chi connectivity index (χ3n) is 2.22. The van der Waals surface area contributed by atoms with Gasteiger partial charge in [0.2, 0.25) is 0 Å². The number of rotatable bonds is 3. The predicted octanol–water partition coefficient (Wildman–Crippen LogP) is 1.50. The SMILES string of the molecule is Cc1ccc(CNC(=O)c2cccc(N)n2)o1. The minimum absolute atomic E-state index is 0.272. The number of amides is 1. The highest BCUT2D eigenvalue weighted by Crippen LogP contribution is 2.06. The maximum Gasteiger partial charge on any atom is 0.270 e. The lowest BCUT2D eigenvalue weighted by molar-refractivity contribution is 0.0943. The van der Waals surface area contributed by atoms with E-state index in [1.165, 1.54) is 0 Å². The van der Waals surface area contributed by atoms with Crippen molar-refractivity contribution in [3.63, 3.8) is 0 Å². The molecular formula is C12H13N3O2. The van der Waals surface area contributed by atoms with Crippen LogP contribution in [0.5, 0.6) is 0 Å². The average molecular weight is 231 g/mol. The lowest BCUT2D eigenvalue weighted by atomic mass is 10.3. The van der Waals surface area contributed by atoms with Crippen LogP contribution in [0.25, 0.3) is 0 Å². The molecule has 0 atom stereocenters. The van der Waals surface area contributed by atoms with Crippen molar-refractivity contribution in [1.29, 1.82) is 0 Å². The zero-order valence-electron chi connectivity index (χ0n) is 9.43. The van der Waals surface area contributed by atoms with Gasteiger partial charge in [0.15, 0.2) is 0 Å². The van der Waals surface area contributed by atoms with Crippen LogP contribution in [0, 0.1) is 6.92 Å². The number of aromatic nitrogens is 1. The minimum atomic E-state index is -0.272. The normalized spacial score (nSPS) is 10.2. The van der Waals surface area contributed by atoms with Crippen molar-refractivity contribution >= 4 is 11.7 Å². The molecule has 1 amide bonds. The minimum Gasteiger partial charge on any atom is -0.465 e. The van der Waals surface area contributed by atoms with E-state index in [1.807, 2.05) is 19.1 Å². The van der Waals surface area contributed by atoms with Gasteiger partial charge < -0.3 is 15.5 Å². The van der Waals surface area contributed by atoms with Gasteiger partial charge in [-0.2, -0.15) is 0 Å². The van der Waals surface area contributed by atoms with E-state index in [2.05, 4.69) is 10.3 Å². The Balaban J connectivity index is 1.98. The van der Waals surface area contributed by atoms with Crippen LogP contribution in [0.1, 0.15) is 22.0 Å². The smallest absolute Gasteiger partial charge is 0.270 e. The molecule has 3 N–H and O–H groups in total. The second-order valence-corrected chi connectivity index (χ2v) is 3.64. The van der Waals surface area contributed by atoms with Crippen molar-refractivity contribution in [2.45, 2.75) is 13.5 Å². The van der Waals surface area contributed by atoms with Gasteiger partial charge in [0.05, 0.1) is 6.54 Å². The molecule has 0 aliphatic carbocycles. The maximum absolute atomic E-state index is 11.7. The highest BCUT2D eigenvalue weighted by molar-refractivity contribution is 5.92. The van der Waals surface area contributed by atoms with Gasteiger partial charge in [-0.3, -0.25) is 4.79 Å². The predicted molar refractivity (Wildman–Crippen MR) is 63.3 cm³/mol. The zero-order valence-corrected chi connectivity index (χ0v) is 9.43. The molecule has 0 radical (unpaired) electrons. The number of aryl methyl sites for hydroxylation is 1. The number of carbonyl (C=O) groups is 1. The Bertz CT molecular complexity index is 534. The lowest BCUT2D eigenvalue weighted by Crippen LogP contribution is -2.23. The van der Waals surface area contributed by atoms with Crippen molar-refractivity contribution in [3.8, 4) is 0 Å². The number of hydrogen-bond acceptors (Lipinski definition) is 4. The number of nitrogens with zero attached hydrogens (tertiary/aromatic N) is 1. The van der Waals surface area contributed by atoms with Gasteiger partial charge in [0, 0.05) is 0 Å². The van der Waals surface area contributed by atoms with E-state index in [1.54, 1.807) is 18.2 Å². The van der Waals surface area contributed by atoms with E-state index < -0.39 is 0 Å². The first-order valence-electron chi connectivity index (χ1n) is 5.21. The third-order valence-corrected chi connectivity index (χ3v) is 2.22. The van der Waals surface area contributed by atoms with Gasteiger partial charge in [-0.05, 0) is 31.2 Å². The van der Waals surface area contributed by atoms with Gasteiger partial charge in [0.1, 0.15) is 23.0 Å². The molecular weight excluding hydrogens is 218 g/mol. The van der Waals surface area contributed by atoms with Crippen LogP contribution in [-0.4, -0.2) is 10.9 Å². The van der Waals surface area contributed by atoms with Gasteiger partial charge in [0.25, 0.3) is 5.91 Å². The summed E-state index contributed by atoms with van der Waals surface area (Å²) in [4.78, 5) is 15.6. The second-order valence-electron chi connectivity index (χ2n) is 3.64. The fourth-order valence-electron chi connectivity index (χ4n) is 1.42. The molecule has 0 aliphatic rings. The Morgan fingerprint density at radius 3 is 2.88 bits per heavy atom. The highest BCUT2D eigenvalue weighted by Gasteiger charge is 2.07. The van der Waals surface area contributed by atoms with Gasteiger partial charge >= 0.3 is 0 Å². The van der Waals surface area contributed by atoms with Crippen molar-refractivity contribution in [3.05, 3.63) is 47.5 Å². The molecule has 5 heteroatoms. The van der Waals surface area contributed by atoms with Gasteiger partial charge in [-0.25, -0.2) is 4.98 Å². The molecule has 0 bridgehead atoms. The fourth-order valence-corrected chi connectivity index (χ4v) is 1.42.